The van der Waals surface area contributed by atoms with Gasteiger partial charge in [0.25, 0.3) is 0 Å². The van der Waals surface area contributed by atoms with Gasteiger partial charge in [0.15, 0.2) is 5.78 Å². The maximum atomic E-state index is 12.4. The Kier molecular flexibility index (Phi) is 6.49. The molecule has 0 aliphatic rings. The van der Waals surface area contributed by atoms with E-state index in [9.17, 15) is 19.8 Å². The van der Waals surface area contributed by atoms with Gasteiger partial charge in [-0.05, 0) is 42.0 Å². The van der Waals surface area contributed by atoms with Crippen molar-refractivity contribution in [2.45, 2.75) is 13.5 Å². The lowest BCUT2D eigenvalue weighted by molar-refractivity contribution is -0.131. The van der Waals surface area contributed by atoms with Crippen molar-refractivity contribution < 1.29 is 29.3 Å². The molecule has 3 rings (SSSR count). The van der Waals surface area contributed by atoms with Gasteiger partial charge in [-0.3, -0.25) is 9.59 Å². The lowest BCUT2D eigenvalue weighted by Gasteiger charge is -2.11. The Bertz CT molecular complexity index is 1090. The molecule has 0 aliphatic carbocycles. The number of ether oxygens (including phenoxy) is 2. The summed E-state index contributed by atoms with van der Waals surface area (Å²) in [5.41, 5.74) is 1.61. The predicted molar refractivity (Wildman–Crippen MR) is 112 cm³/mol. The molecule has 0 unspecified atom stereocenters. The highest BCUT2D eigenvalue weighted by Crippen LogP contribution is 2.28. The van der Waals surface area contributed by atoms with Crippen LogP contribution in [0.15, 0.2) is 72.8 Å². The number of allylic oxidation sites excluding steroid dienone is 1. The molecule has 0 saturated carbocycles. The van der Waals surface area contributed by atoms with Crippen molar-refractivity contribution in [3.63, 3.8) is 0 Å². The number of esters is 1. The molecule has 0 aliphatic heterocycles. The first-order valence-corrected chi connectivity index (χ1v) is 9.16. The monoisotopic (exact) mass is 404 g/mol. The maximum absolute atomic E-state index is 12.4. The van der Waals surface area contributed by atoms with Crippen molar-refractivity contribution in [2.75, 3.05) is 0 Å². The summed E-state index contributed by atoms with van der Waals surface area (Å²) >= 11 is 0. The summed E-state index contributed by atoms with van der Waals surface area (Å²) in [6.07, 6.45) is 2.84. The van der Waals surface area contributed by atoms with E-state index in [0.29, 0.717) is 17.1 Å². The molecule has 0 heterocycles. The lowest BCUT2D eigenvalue weighted by Crippen LogP contribution is -2.03. The van der Waals surface area contributed by atoms with Gasteiger partial charge in [0.2, 0.25) is 0 Å². The lowest BCUT2D eigenvalue weighted by atomic mass is 10.1. The van der Waals surface area contributed by atoms with Crippen LogP contribution in [-0.2, 0) is 11.4 Å². The van der Waals surface area contributed by atoms with E-state index >= 15 is 0 Å². The van der Waals surface area contributed by atoms with Gasteiger partial charge in [0, 0.05) is 24.6 Å². The van der Waals surface area contributed by atoms with Crippen molar-refractivity contribution in [2.24, 2.45) is 0 Å². The molecule has 0 radical (unpaired) electrons. The number of carbonyl (C=O) groups is 2. The fourth-order valence-corrected chi connectivity index (χ4v) is 2.73. The molecule has 0 bridgehead atoms. The van der Waals surface area contributed by atoms with E-state index in [1.54, 1.807) is 24.3 Å². The molecule has 0 spiro atoms. The molecule has 0 atom stereocenters. The topological polar surface area (TPSA) is 93.1 Å². The Labute approximate surface area is 173 Å². The van der Waals surface area contributed by atoms with E-state index in [-0.39, 0.29) is 23.7 Å². The van der Waals surface area contributed by atoms with E-state index in [2.05, 4.69) is 0 Å². The van der Waals surface area contributed by atoms with Crippen molar-refractivity contribution in [1.82, 2.24) is 0 Å². The second kappa shape index (κ2) is 9.43. The number of carbonyl (C=O) groups excluding carboxylic acids is 2. The first kappa shape index (κ1) is 20.7. The minimum atomic E-state index is -0.453. The van der Waals surface area contributed by atoms with E-state index in [0.717, 1.165) is 11.6 Å². The SMILES string of the molecule is CC(=O)Oc1ccc(C=CC(=O)c2ccc(O)cc2O)c(OCc2ccccc2)c1. The van der Waals surface area contributed by atoms with E-state index in [4.69, 9.17) is 9.47 Å². The van der Waals surface area contributed by atoms with Gasteiger partial charge in [0.1, 0.15) is 29.6 Å². The number of benzene rings is 3. The summed E-state index contributed by atoms with van der Waals surface area (Å²) in [5, 5.41) is 19.2. The van der Waals surface area contributed by atoms with Gasteiger partial charge >= 0.3 is 5.97 Å². The van der Waals surface area contributed by atoms with Gasteiger partial charge in [-0.1, -0.05) is 30.3 Å². The number of hydrogen-bond donors (Lipinski definition) is 2. The molecule has 3 aromatic rings. The minimum absolute atomic E-state index is 0.0623. The van der Waals surface area contributed by atoms with Crippen LogP contribution in [0.25, 0.3) is 6.08 Å². The second-order valence-electron chi connectivity index (χ2n) is 6.47. The molecular weight excluding hydrogens is 384 g/mol. The summed E-state index contributed by atoms with van der Waals surface area (Å²) in [5.74, 6) is -0.584. The summed E-state index contributed by atoms with van der Waals surface area (Å²) in [6.45, 7) is 1.60. The molecule has 0 fully saturated rings. The standard InChI is InChI=1S/C24H20O6/c1-16(25)30-20-10-7-18(24(14-20)29-15-17-5-3-2-4-6-17)8-12-22(27)21-11-9-19(26)13-23(21)28/h2-14,26,28H,15H2,1H3. The van der Waals surface area contributed by atoms with E-state index < -0.39 is 11.8 Å². The molecule has 3 aromatic carbocycles. The van der Waals surface area contributed by atoms with Crippen molar-refractivity contribution in [3.8, 4) is 23.0 Å². The van der Waals surface area contributed by atoms with Crippen LogP contribution in [0, 0.1) is 0 Å². The Hall–Kier alpha value is -4.06. The summed E-state index contributed by atoms with van der Waals surface area (Å²) in [6, 6.07) is 18.1. The van der Waals surface area contributed by atoms with Crippen LogP contribution in [0.2, 0.25) is 0 Å². The molecule has 0 aromatic heterocycles. The van der Waals surface area contributed by atoms with Crippen LogP contribution < -0.4 is 9.47 Å². The van der Waals surface area contributed by atoms with E-state index in [1.807, 2.05) is 30.3 Å². The third-order valence-corrected chi connectivity index (χ3v) is 4.14. The largest absolute Gasteiger partial charge is 0.508 e. The van der Waals surface area contributed by atoms with E-state index in [1.165, 1.54) is 25.1 Å². The van der Waals surface area contributed by atoms with Crippen LogP contribution in [-0.4, -0.2) is 22.0 Å². The molecule has 30 heavy (non-hydrogen) atoms. The molecule has 6 heteroatoms. The highest BCUT2D eigenvalue weighted by Gasteiger charge is 2.11. The summed E-state index contributed by atoms with van der Waals surface area (Å²) in [4.78, 5) is 23.7. The molecular formula is C24H20O6. The average molecular weight is 404 g/mol. The third-order valence-electron chi connectivity index (χ3n) is 4.14. The number of phenolic OH excluding ortho intramolecular Hbond substituents is 2. The van der Waals surface area contributed by atoms with Crippen molar-refractivity contribution in [1.29, 1.82) is 0 Å². The van der Waals surface area contributed by atoms with Gasteiger partial charge in [0.05, 0.1) is 5.56 Å². The summed E-state index contributed by atoms with van der Waals surface area (Å²) in [7, 11) is 0. The molecule has 6 nitrogen and oxygen atoms in total. The Morgan fingerprint density at radius 2 is 1.73 bits per heavy atom. The maximum Gasteiger partial charge on any atom is 0.308 e. The minimum Gasteiger partial charge on any atom is -0.508 e. The number of rotatable bonds is 7. The van der Waals surface area contributed by atoms with Crippen LogP contribution in [0.5, 0.6) is 23.0 Å². The highest BCUT2D eigenvalue weighted by atomic mass is 16.5. The van der Waals surface area contributed by atoms with Crippen molar-refractivity contribution >= 4 is 17.8 Å². The zero-order chi connectivity index (χ0) is 21.5. The Morgan fingerprint density at radius 3 is 2.43 bits per heavy atom. The Balaban J connectivity index is 1.85. The quantitative estimate of drug-likeness (QED) is 0.261. The molecule has 0 saturated heterocycles. The van der Waals surface area contributed by atoms with Gasteiger partial charge < -0.3 is 19.7 Å². The fourth-order valence-electron chi connectivity index (χ4n) is 2.73. The van der Waals surface area contributed by atoms with Crippen LogP contribution >= 0.6 is 0 Å². The van der Waals surface area contributed by atoms with Crippen LogP contribution in [0.1, 0.15) is 28.4 Å². The smallest absolute Gasteiger partial charge is 0.308 e. The number of ketones is 1. The van der Waals surface area contributed by atoms with Crippen LogP contribution in [0.4, 0.5) is 0 Å². The average Bonchev–Trinajstić information content (AvgIpc) is 2.71. The number of aromatic hydroxyl groups is 2. The second-order valence-corrected chi connectivity index (χ2v) is 6.47. The van der Waals surface area contributed by atoms with Gasteiger partial charge in [-0.15, -0.1) is 0 Å². The van der Waals surface area contributed by atoms with Gasteiger partial charge in [-0.25, -0.2) is 0 Å². The fraction of sp³-hybridized carbons (Fsp3) is 0.0833. The number of hydrogen-bond acceptors (Lipinski definition) is 6. The Morgan fingerprint density at radius 1 is 0.967 bits per heavy atom. The molecule has 152 valence electrons. The first-order valence-electron chi connectivity index (χ1n) is 9.16. The molecule has 0 amide bonds. The highest BCUT2D eigenvalue weighted by molar-refractivity contribution is 6.08. The predicted octanol–water partition coefficient (Wildman–Crippen LogP) is 4.50. The summed E-state index contributed by atoms with van der Waals surface area (Å²) < 4.78 is 11.0. The van der Waals surface area contributed by atoms with Crippen molar-refractivity contribution in [3.05, 3.63) is 89.5 Å². The molecule has 2 N–H and O–H groups in total. The number of phenols is 2. The first-order chi connectivity index (χ1) is 14.4. The normalized spacial score (nSPS) is 10.7. The van der Waals surface area contributed by atoms with Gasteiger partial charge in [-0.2, -0.15) is 0 Å². The third kappa shape index (κ3) is 5.48. The zero-order valence-electron chi connectivity index (χ0n) is 16.2. The zero-order valence-corrected chi connectivity index (χ0v) is 16.2. The van der Waals surface area contributed by atoms with Crippen LogP contribution in [0.3, 0.4) is 0 Å².